The lowest BCUT2D eigenvalue weighted by Crippen LogP contribution is -2.46. The van der Waals surface area contributed by atoms with Crippen molar-refractivity contribution in [1.82, 2.24) is 10.2 Å². The molecular formula is C12H16F2N2O2. The van der Waals surface area contributed by atoms with Crippen molar-refractivity contribution in [2.45, 2.75) is 12.5 Å². The average Bonchev–Trinajstić information content (AvgIpc) is 2.28. The number of nitrogens with one attached hydrogen (secondary N) is 1. The van der Waals surface area contributed by atoms with E-state index in [0.29, 0.717) is 26.2 Å². The zero-order valence-electron chi connectivity index (χ0n) is 9.81. The lowest BCUT2D eigenvalue weighted by Gasteiger charge is -2.34. The number of benzene rings is 1. The quantitative estimate of drug-likeness (QED) is 0.765. The van der Waals surface area contributed by atoms with E-state index in [1.807, 2.05) is 0 Å². The van der Waals surface area contributed by atoms with Crippen LogP contribution in [-0.2, 0) is 0 Å². The first kappa shape index (κ1) is 13.0. The molecule has 1 aliphatic heterocycles. The number of halogens is 2. The normalized spacial score (nSPS) is 19.1. The first-order chi connectivity index (χ1) is 8.58. The molecule has 1 atom stereocenters. The van der Waals surface area contributed by atoms with Gasteiger partial charge in [0.1, 0.15) is 11.5 Å². The molecule has 1 fully saturated rings. The van der Waals surface area contributed by atoms with Crippen LogP contribution in [-0.4, -0.2) is 47.7 Å². The number of aromatic hydroxyl groups is 2. The fourth-order valence-corrected chi connectivity index (χ4v) is 2.26. The minimum absolute atomic E-state index is 0.203. The fourth-order valence-electron chi connectivity index (χ4n) is 2.26. The van der Waals surface area contributed by atoms with E-state index in [4.69, 9.17) is 0 Å². The molecule has 3 N–H and O–H groups in total. The molecule has 100 valence electrons. The number of phenolic OH excluding ortho intramolecular Hbond substituents is 2. The van der Waals surface area contributed by atoms with Crippen LogP contribution >= 0.6 is 0 Å². The lowest BCUT2D eigenvalue weighted by molar-refractivity contribution is 0.0180. The Morgan fingerprint density at radius 3 is 2.11 bits per heavy atom. The second-order valence-electron chi connectivity index (χ2n) is 4.35. The molecule has 6 heteroatoms. The van der Waals surface area contributed by atoms with Crippen LogP contribution in [0.25, 0.3) is 0 Å². The van der Waals surface area contributed by atoms with Gasteiger partial charge < -0.3 is 15.5 Å². The highest BCUT2D eigenvalue weighted by Gasteiger charge is 2.30. The summed E-state index contributed by atoms with van der Waals surface area (Å²) in [7, 11) is 0. The first-order valence-corrected chi connectivity index (χ1v) is 5.84. The molecule has 1 saturated heterocycles. The van der Waals surface area contributed by atoms with Crippen LogP contribution in [0.5, 0.6) is 11.5 Å². The maximum absolute atomic E-state index is 13.2. The number of alkyl halides is 2. The number of nitrogens with zero attached hydrogens (tertiary/aromatic N) is 1. The number of phenols is 2. The zero-order valence-corrected chi connectivity index (χ0v) is 9.81. The van der Waals surface area contributed by atoms with Gasteiger partial charge in [-0.25, -0.2) is 8.78 Å². The van der Waals surface area contributed by atoms with E-state index in [1.54, 1.807) is 4.90 Å². The number of hydrogen-bond donors (Lipinski definition) is 3. The molecule has 0 spiro atoms. The summed E-state index contributed by atoms with van der Waals surface area (Å²) >= 11 is 0. The highest BCUT2D eigenvalue weighted by molar-refractivity contribution is 5.38. The van der Waals surface area contributed by atoms with Gasteiger partial charge in [0.05, 0.1) is 6.04 Å². The number of piperazine rings is 1. The van der Waals surface area contributed by atoms with Gasteiger partial charge in [-0.05, 0) is 17.7 Å². The molecule has 0 aliphatic carbocycles. The smallest absolute Gasteiger partial charge is 0.258 e. The molecule has 0 unspecified atom stereocenters. The molecule has 1 heterocycles. The molecule has 0 amide bonds. The van der Waals surface area contributed by atoms with Crippen molar-refractivity contribution >= 4 is 0 Å². The van der Waals surface area contributed by atoms with Crippen LogP contribution in [0, 0.1) is 0 Å². The Hall–Kier alpha value is -1.40. The summed E-state index contributed by atoms with van der Waals surface area (Å²) in [5, 5.41) is 21.9. The van der Waals surface area contributed by atoms with Crippen molar-refractivity contribution in [3.05, 3.63) is 23.8 Å². The summed E-state index contributed by atoms with van der Waals surface area (Å²) in [5.41, 5.74) is 0.240. The standard InChI is InChI=1S/C12H16F2N2O2/c13-12(14)11(16-3-1-15-2-4-16)8-5-9(17)7-10(18)6-8/h5-7,11-12,15,17-18H,1-4H2/t11-/m1/s1. The summed E-state index contributed by atoms with van der Waals surface area (Å²) in [5.74, 6) is -0.406. The van der Waals surface area contributed by atoms with E-state index in [9.17, 15) is 19.0 Å². The van der Waals surface area contributed by atoms with Crippen LogP contribution in [0.3, 0.4) is 0 Å². The van der Waals surface area contributed by atoms with Crippen molar-refractivity contribution in [3.63, 3.8) is 0 Å². The van der Waals surface area contributed by atoms with Crippen molar-refractivity contribution in [2.75, 3.05) is 26.2 Å². The summed E-state index contributed by atoms with van der Waals surface area (Å²) in [6.45, 7) is 2.36. The van der Waals surface area contributed by atoms with Gasteiger partial charge in [0.25, 0.3) is 6.43 Å². The van der Waals surface area contributed by atoms with Gasteiger partial charge in [0.2, 0.25) is 0 Å². The van der Waals surface area contributed by atoms with Crippen LogP contribution < -0.4 is 5.32 Å². The highest BCUT2D eigenvalue weighted by atomic mass is 19.3. The van der Waals surface area contributed by atoms with Crippen LogP contribution in [0.1, 0.15) is 11.6 Å². The van der Waals surface area contributed by atoms with Crippen LogP contribution in [0.2, 0.25) is 0 Å². The first-order valence-electron chi connectivity index (χ1n) is 5.84. The molecule has 2 rings (SSSR count). The minimum Gasteiger partial charge on any atom is -0.508 e. The lowest BCUT2D eigenvalue weighted by atomic mass is 10.0. The molecule has 4 nitrogen and oxygen atoms in total. The third kappa shape index (κ3) is 2.88. The molecule has 1 aromatic rings. The van der Waals surface area contributed by atoms with E-state index in [1.165, 1.54) is 12.1 Å². The Bertz CT molecular complexity index is 389. The molecule has 1 aliphatic rings. The van der Waals surface area contributed by atoms with Crippen molar-refractivity contribution < 1.29 is 19.0 Å². The second kappa shape index (κ2) is 5.49. The van der Waals surface area contributed by atoms with Gasteiger partial charge in [-0.15, -0.1) is 0 Å². The Morgan fingerprint density at radius 2 is 1.61 bits per heavy atom. The predicted molar refractivity (Wildman–Crippen MR) is 63.0 cm³/mol. The Labute approximate surface area is 104 Å². The van der Waals surface area contributed by atoms with E-state index in [2.05, 4.69) is 5.32 Å². The van der Waals surface area contributed by atoms with E-state index < -0.39 is 12.5 Å². The molecule has 0 radical (unpaired) electrons. The monoisotopic (exact) mass is 258 g/mol. The highest BCUT2D eigenvalue weighted by Crippen LogP contribution is 2.32. The third-order valence-electron chi connectivity index (χ3n) is 3.05. The average molecular weight is 258 g/mol. The predicted octanol–water partition coefficient (Wildman–Crippen LogP) is 1.31. The molecule has 0 bridgehead atoms. The van der Waals surface area contributed by atoms with Gasteiger partial charge >= 0.3 is 0 Å². The maximum atomic E-state index is 13.2. The maximum Gasteiger partial charge on any atom is 0.258 e. The molecule has 0 aromatic heterocycles. The van der Waals surface area contributed by atoms with Crippen LogP contribution in [0.4, 0.5) is 8.78 Å². The fraction of sp³-hybridized carbons (Fsp3) is 0.500. The van der Waals surface area contributed by atoms with Crippen molar-refractivity contribution in [3.8, 4) is 11.5 Å². The SMILES string of the molecule is Oc1cc(O)cc([C@H](C(F)F)N2CCNCC2)c1. The Kier molecular flexibility index (Phi) is 3.98. The largest absolute Gasteiger partial charge is 0.508 e. The summed E-state index contributed by atoms with van der Waals surface area (Å²) in [4.78, 5) is 1.66. The van der Waals surface area contributed by atoms with E-state index in [-0.39, 0.29) is 17.1 Å². The molecule has 18 heavy (non-hydrogen) atoms. The van der Waals surface area contributed by atoms with Crippen molar-refractivity contribution in [1.29, 1.82) is 0 Å². The minimum atomic E-state index is -2.57. The van der Waals surface area contributed by atoms with E-state index >= 15 is 0 Å². The van der Waals surface area contributed by atoms with E-state index in [0.717, 1.165) is 6.07 Å². The second-order valence-corrected chi connectivity index (χ2v) is 4.35. The summed E-state index contributed by atoms with van der Waals surface area (Å²) in [6.07, 6.45) is -2.57. The molecule has 1 aromatic carbocycles. The third-order valence-corrected chi connectivity index (χ3v) is 3.05. The zero-order chi connectivity index (χ0) is 13.1. The van der Waals surface area contributed by atoms with Gasteiger partial charge in [-0.1, -0.05) is 0 Å². The number of rotatable bonds is 3. The summed E-state index contributed by atoms with van der Waals surface area (Å²) < 4.78 is 26.4. The summed E-state index contributed by atoms with van der Waals surface area (Å²) in [6, 6.07) is 2.59. The van der Waals surface area contributed by atoms with Crippen molar-refractivity contribution in [2.24, 2.45) is 0 Å². The van der Waals surface area contributed by atoms with Gasteiger partial charge in [0, 0.05) is 32.2 Å². The topological polar surface area (TPSA) is 55.7 Å². The Balaban J connectivity index is 2.28. The molecular weight excluding hydrogens is 242 g/mol. The van der Waals surface area contributed by atoms with Gasteiger partial charge in [-0.2, -0.15) is 0 Å². The van der Waals surface area contributed by atoms with Crippen LogP contribution in [0.15, 0.2) is 18.2 Å². The molecule has 0 saturated carbocycles. The van der Waals surface area contributed by atoms with Gasteiger partial charge in [-0.3, -0.25) is 4.90 Å². The van der Waals surface area contributed by atoms with Gasteiger partial charge in [0.15, 0.2) is 0 Å². The number of hydrogen-bond acceptors (Lipinski definition) is 4. The Morgan fingerprint density at radius 1 is 1.06 bits per heavy atom.